The molecule has 9 amide bonds. The number of rotatable bonds is 29. The molecule has 0 bridgehead atoms. The lowest BCUT2D eigenvalue weighted by molar-refractivity contribution is -0.142. The van der Waals surface area contributed by atoms with Gasteiger partial charge in [-0.25, -0.2) is 9.78 Å². The Morgan fingerprint density at radius 1 is 0.686 bits per heavy atom. The fourth-order valence-electron chi connectivity index (χ4n) is 6.94. The van der Waals surface area contributed by atoms with Gasteiger partial charge in [-0.2, -0.15) is 0 Å². The number of carboxylic acids is 1. The highest BCUT2D eigenvalue weighted by atomic mass is 16.4. The minimum Gasteiger partial charge on any atom is -0.480 e. The first-order valence-electron chi connectivity index (χ1n) is 23.2. The van der Waals surface area contributed by atoms with Gasteiger partial charge in [-0.15, -0.1) is 0 Å². The van der Waals surface area contributed by atoms with Crippen LogP contribution in [-0.4, -0.2) is 166 Å². The minimum absolute atomic E-state index is 0.0921. The van der Waals surface area contributed by atoms with E-state index in [0.29, 0.717) is 25.1 Å². The summed E-state index contributed by atoms with van der Waals surface area (Å²) in [4.78, 5) is 141. The molecule has 1 saturated heterocycles. The van der Waals surface area contributed by atoms with Crippen molar-refractivity contribution >= 4 is 65.1 Å². The quantitative estimate of drug-likeness (QED) is 0.0203. The van der Waals surface area contributed by atoms with E-state index >= 15 is 0 Å². The molecule has 1 aliphatic rings. The van der Waals surface area contributed by atoms with E-state index in [9.17, 15) is 58.2 Å². The first-order chi connectivity index (χ1) is 32.8. The summed E-state index contributed by atoms with van der Waals surface area (Å²) < 4.78 is 0. The molecule has 1 fully saturated rings. The Labute approximate surface area is 406 Å². The summed E-state index contributed by atoms with van der Waals surface area (Å²) in [6.45, 7) is 11.8. The van der Waals surface area contributed by atoms with E-state index in [1.54, 1.807) is 41.5 Å². The molecule has 2 rings (SSSR count). The third-order valence-electron chi connectivity index (χ3n) is 11.0. The molecule has 1 aliphatic heterocycles. The van der Waals surface area contributed by atoms with Crippen molar-refractivity contribution in [3.8, 4) is 0 Å². The van der Waals surface area contributed by atoms with Gasteiger partial charge in [0.1, 0.15) is 42.3 Å². The highest BCUT2D eigenvalue weighted by Gasteiger charge is 2.36. The SMILES string of the molecule is CC(C)[C@H](NC(=O)CNC(=O)CNC(=O)[C@H](C)NC(=O)[C@@H](NC(=O)[C@@H](NC(=O)[C@@H](NC(=O)[C@H](CCCN=C(N)N)NC(=O)[C@@H]1CCCN1)C(C)C)[C@@H](C)O)C(C)C)C(=O)N[C@@H](Cc1cnc[nH]1)C(=O)O. The van der Waals surface area contributed by atoms with Crippen molar-refractivity contribution in [2.75, 3.05) is 26.2 Å². The summed E-state index contributed by atoms with van der Waals surface area (Å²) in [5.41, 5.74) is 11.3. The number of nitrogens with zero attached hydrogens (tertiary/aromatic N) is 2. The molecular formula is C43H73N15O12. The molecule has 0 radical (unpaired) electrons. The first kappa shape index (κ1) is 59.2. The number of guanidine groups is 1. The maximum Gasteiger partial charge on any atom is 0.326 e. The molecule has 392 valence electrons. The van der Waals surface area contributed by atoms with Crippen LogP contribution in [0.25, 0.3) is 0 Å². The monoisotopic (exact) mass is 992 g/mol. The number of H-pyrrole nitrogens is 1. The number of hydrogen-bond donors (Lipinski definition) is 15. The zero-order valence-electron chi connectivity index (χ0n) is 41.0. The third-order valence-corrected chi connectivity index (χ3v) is 11.0. The van der Waals surface area contributed by atoms with Crippen LogP contribution in [0.5, 0.6) is 0 Å². The average molecular weight is 992 g/mol. The van der Waals surface area contributed by atoms with Crippen LogP contribution in [0, 0.1) is 17.8 Å². The van der Waals surface area contributed by atoms with Gasteiger partial charge in [-0.05, 0) is 63.8 Å². The molecule has 1 aromatic heterocycles. The number of nitrogens with two attached hydrogens (primary N) is 2. The van der Waals surface area contributed by atoms with Crippen LogP contribution in [0.15, 0.2) is 17.5 Å². The number of aromatic amines is 1. The maximum atomic E-state index is 13.7. The molecule has 9 atom stereocenters. The Morgan fingerprint density at radius 3 is 1.76 bits per heavy atom. The summed E-state index contributed by atoms with van der Waals surface area (Å²) in [5.74, 6) is -9.95. The average Bonchev–Trinajstić information content (AvgIpc) is 4.02. The number of hydrogen-bond acceptors (Lipinski definition) is 14. The van der Waals surface area contributed by atoms with Crippen LogP contribution in [0.2, 0.25) is 0 Å². The fraction of sp³-hybridized carbons (Fsp3) is 0.674. The molecule has 17 N–H and O–H groups in total. The van der Waals surface area contributed by atoms with E-state index in [1.165, 1.54) is 26.4 Å². The van der Waals surface area contributed by atoms with Gasteiger partial charge in [0.15, 0.2) is 5.96 Å². The maximum absolute atomic E-state index is 13.7. The first-order valence-corrected chi connectivity index (χ1v) is 23.2. The van der Waals surface area contributed by atoms with Gasteiger partial charge in [0.2, 0.25) is 53.2 Å². The summed E-state index contributed by atoms with van der Waals surface area (Å²) in [6.07, 6.45) is 2.97. The van der Waals surface area contributed by atoms with Gasteiger partial charge in [0.25, 0.3) is 0 Å². The van der Waals surface area contributed by atoms with Crippen molar-refractivity contribution in [1.82, 2.24) is 63.1 Å². The molecule has 70 heavy (non-hydrogen) atoms. The molecule has 0 saturated carbocycles. The Hall–Kier alpha value is -6.90. The lowest BCUT2D eigenvalue weighted by Crippen LogP contribution is -2.62. The fourth-order valence-corrected chi connectivity index (χ4v) is 6.94. The number of aliphatic carboxylic acids is 1. The van der Waals surface area contributed by atoms with E-state index < -0.39 is 144 Å². The van der Waals surface area contributed by atoms with Gasteiger partial charge < -0.3 is 79.8 Å². The standard InChI is InChI=1S/C43H73N15O12/c1-20(2)31(39(66)54-28(42(69)70)15-25-16-46-19-51-25)55-30(61)18-49-29(60)17-50-35(62)23(7)52-38(65)32(21(3)4)57-41(68)34(24(8)59)58-40(67)33(22(5)6)56-37(64)27(12-10-14-48-43(44)45)53-36(63)26-11-9-13-47-26/h16,19-24,26-28,31-34,47,59H,9-15,17-18H2,1-8H3,(H,46,51)(H,49,60)(H,50,62)(H,52,65)(H,53,63)(H,54,66)(H,55,61)(H,56,64)(H,57,68)(H,58,67)(H,69,70)(H4,44,45,48)/t23-,24+,26-,27-,28-,31-,32-,33-,34-/m0/s1. The van der Waals surface area contributed by atoms with Crippen LogP contribution in [-0.2, 0) is 54.4 Å². The lowest BCUT2D eigenvalue weighted by atomic mass is 10.00. The molecule has 0 aromatic carbocycles. The third kappa shape index (κ3) is 20.4. The molecule has 27 heteroatoms. The van der Waals surface area contributed by atoms with E-state index in [2.05, 4.69) is 68.1 Å². The van der Waals surface area contributed by atoms with Crippen molar-refractivity contribution < 1.29 is 58.2 Å². The van der Waals surface area contributed by atoms with E-state index in [0.717, 1.165) is 6.42 Å². The largest absolute Gasteiger partial charge is 0.480 e. The number of carbonyl (C=O) groups excluding carboxylic acids is 9. The van der Waals surface area contributed by atoms with Crippen LogP contribution in [0.3, 0.4) is 0 Å². The Kier molecular flexibility index (Phi) is 24.7. The zero-order chi connectivity index (χ0) is 52.8. The Bertz CT molecular complexity index is 1990. The predicted octanol–water partition coefficient (Wildman–Crippen LogP) is -5.16. The number of amides is 9. The second-order valence-electron chi connectivity index (χ2n) is 18.0. The van der Waals surface area contributed by atoms with E-state index in [1.807, 2.05) is 0 Å². The summed E-state index contributed by atoms with van der Waals surface area (Å²) in [7, 11) is 0. The number of aliphatic hydroxyl groups is 1. The van der Waals surface area contributed by atoms with Gasteiger partial charge in [-0.3, -0.25) is 48.1 Å². The smallest absolute Gasteiger partial charge is 0.326 e. The zero-order valence-corrected chi connectivity index (χ0v) is 41.0. The lowest BCUT2D eigenvalue weighted by Gasteiger charge is -2.30. The number of carbonyl (C=O) groups is 10. The summed E-state index contributed by atoms with van der Waals surface area (Å²) in [6, 6.07) is -9.49. The van der Waals surface area contributed by atoms with Gasteiger partial charge in [0, 0.05) is 24.9 Å². The number of carboxylic acid groups (broad SMARTS) is 1. The van der Waals surface area contributed by atoms with Gasteiger partial charge >= 0.3 is 5.97 Å². The second-order valence-corrected chi connectivity index (χ2v) is 18.0. The van der Waals surface area contributed by atoms with E-state index in [4.69, 9.17) is 11.5 Å². The molecule has 2 heterocycles. The number of aliphatic hydroxyl groups excluding tert-OH is 1. The highest BCUT2D eigenvalue weighted by Crippen LogP contribution is 2.11. The van der Waals surface area contributed by atoms with Crippen molar-refractivity contribution in [3.05, 3.63) is 18.2 Å². The summed E-state index contributed by atoms with van der Waals surface area (Å²) >= 11 is 0. The molecule has 0 aliphatic carbocycles. The van der Waals surface area contributed by atoms with Crippen molar-refractivity contribution in [2.24, 2.45) is 34.2 Å². The number of nitrogens with one attached hydrogen (secondary N) is 11. The van der Waals surface area contributed by atoms with E-state index in [-0.39, 0.29) is 25.3 Å². The Balaban J connectivity index is 1.98. The normalized spacial score (nSPS) is 16.7. The van der Waals surface area contributed by atoms with Crippen LogP contribution >= 0.6 is 0 Å². The molecular weight excluding hydrogens is 919 g/mol. The molecule has 0 spiro atoms. The molecule has 0 unspecified atom stereocenters. The number of aliphatic imine (C=N–C) groups is 1. The molecule has 27 nitrogen and oxygen atoms in total. The summed E-state index contributed by atoms with van der Waals surface area (Å²) in [5, 5.41) is 45.6. The second kappa shape index (κ2) is 29.2. The highest BCUT2D eigenvalue weighted by molar-refractivity contribution is 5.98. The topological polar surface area (TPSA) is 425 Å². The number of aromatic nitrogens is 2. The minimum atomic E-state index is -1.62. The van der Waals surface area contributed by atoms with Crippen molar-refractivity contribution in [1.29, 1.82) is 0 Å². The number of imidazole rings is 1. The predicted molar refractivity (Wildman–Crippen MR) is 252 cm³/mol. The molecule has 1 aromatic rings. The van der Waals surface area contributed by atoms with Crippen molar-refractivity contribution in [3.63, 3.8) is 0 Å². The van der Waals surface area contributed by atoms with Gasteiger partial charge in [-0.1, -0.05) is 41.5 Å². The van der Waals surface area contributed by atoms with Crippen LogP contribution in [0.4, 0.5) is 0 Å². The van der Waals surface area contributed by atoms with Crippen LogP contribution < -0.4 is 64.6 Å². The van der Waals surface area contributed by atoms with Crippen molar-refractivity contribution in [2.45, 2.75) is 142 Å². The Morgan fingerprint density at radius 2 is 1.23 bits per heavy atom. The van der Waals surface area contributed by atoms with Gasteiger partial charge in [0.05, 0.1) is 31.6 Å². The van der Waals surface area contributed by atoms with Crippen LogP contribution in [0.1, 0.15) is 86.8 Å².